The second kappa shape index (κ2) is 4.98. The maximum absolute atomic E-state index is 11.9. The average Bonchev–Trinajstić information content (AvgIpc) is 3.01. The SMILES string of the molecule is CN(C)S(=O)(=O)N(CCC(N)=NO)C1CC1. The number of hydrogen-bond acceptors (Lipinski definition) is 4. The Balaban J connectivity index is 2.69. The number of amidine groups is 1. The van der Waals surface area contributed by atoms with E-state index in [1.807, 2.05) is 0 Å². The first kappa shape index (κ1) is 13.2. The third kappa shape index (κ3) is 3.06. The highest BCUT2D eigenvalue weighted by molar-refractivity contribution is 7.86. The van der Waals surface area contributed by atoms with Gasteiger partial charge in [-0.05, 0) is 12.8 Å². The molecule has 0 aromatic rings. The third-order valence-corrected chi connectivity index (χ3v) is 4.43. The summed E-state index contributed by atoms with van der Waals surface area (Å²) in [6.45, 7) is 0.251. The molecule has 8 heteroatoms. The Kier molecular flexibility index (Phi) is 4.11. The minimum Gasteiger partial charge on any atom is -0.409 e. The first-order valence-corrected chi connectivity index (χ1v) is 6.45. The second-order valence-corrected chi connectivity index (χ2v) is 6.07. The zero-order chi connectivity index (χ0) is 12.3. The van der Waals surface area contributed by atoms with Crippen LogP contribution < -0.4 is 5.73 Å². The predicted octanol–water partition coefficient (Wildman–Crippen LogP) is -0.606. The molecule has 0 bridgehead atoms. The molecule has 1 saturated carbocycles. The summed E-state index contributed by atoms with van der Waals surface area (Å²) in [5, 5.41) is 11.2. The first-order valence-electron chi connectivity index (χ1n) is 5.05. The summed E-state index contributed by atoms with van der Waals surface area (Å²) in [4.78, 5) is 0. The summed E-state index contributed by atoms with van der Waals surface area (Å²) < 4.78 is 26.4. The van der Waals surface area contributed by atoms with Gasteiger partial charge in [0.2, 0.25) is 0 Å². The van der Waals surface area contributed by atoms with E-state index in [4.69, 9.17) is 10.9 Å². The fraction of sp³-hybridized carbons (Fsp3) is 0.875. The molecule has 0 aromatic heterocycles. The molecule has 0 amide bonds. The van der Waals surface area contributed by atoms with Crippen molar-refractivity contribution in [3.05, 3.63) is 0 Å². The number of nitrogens with zero attached hydrogens (tertiary/aromatic N) is 3. The molecule has 0 aromatic carbocycles. The summed E-state index contributed by atoms with van der Waals surface area (Å²) in [5.41, 5.74) is 5.33. The Labute approximate surface area is 95.7 Å². The van der Waals surface area contributed by atoms with Crippen molar-refractivity contribution < 1.29 is 13.6 Å². The van der Waals surface area contributed by atoms with Gasteiger partial charge in [0.05, 0.1) is 0 Å². The average molecular weight is 250 g/mol. The van der Waals surface area contributed by atoms with Crippen LogP contribution in [0.15, 0.2) is 5.16 Å². The highest BCUT2D eigenvalue weighted by atomic mass is 32.2. The van der Waals surface area contributed by atoms with Gasteiger partial charge in [0.25, 0.3) is 10.2 Å². The highest BCUT2D eigenvalue weighted by Crippen LogP contribution is 2.29. The van der Waals surface area contributed by atoms with Gasteiger partial charge in [0.1, 0.15) is 5.84 Å². The standard InChI is InChI=1S/C8H18N4O3S/c1-11(2)16(14,15)12(7-3-4-7)6-5-8(9)10-13/h7,13H,3-6H2,1-2H3,(H2,9,10). The van der Waals surface area contributed by atoms with E-state index in [0.717, 1.165) is 12.8 Å². The van der Waals surface area contributed by atoms with Crippen molar-refractivity contribution in [2.45, 2.75) is 25.3 Å². The molecule has 1 fully saturated rings. The van der Waals surface area contributed by atoms with Crippen LogP contribution in [-0.4, -0.2) is 54.8 Å². The van der Waals surface area contributed by atoms with E-state index >= 15 is 0 Å². The third-order valence-electron chi connectivity index (χ3n) is 2.43. The fourth-order valence-corrected chi connectivity index (χ4v) is 2.66. The maximum Gasteiger partial charge on any atom is 0.281 e. The van der Waals surface area contributed by atoms with Crippen molar-refractivity contribution in [2.24, 2.45) is 10.9 Å². The molecule has 3 N–H and O–H groups in total. The lowest BCUT2D eigenvalue weighted by Gasteiger charge is -2.24. The minimum absolute atomic E-state index is 0.0413. The Morgan fingerprint density at radius 2 is 2.06 bits per heavy atom. The predicted molar refractivity (Wildman–Crippen MR) is 60.4 cm³/mol. The highest BCUT2D eigenvalue weighted by Gasteiger charge is 2.38. The van der Waals surface area contributed by atoms with Crippen LogP contribution >= 0.6 is 0 Å². The molecule has 0 saturated heterocycles. The van der Waals surface area contributed by atoms with Gasteiger partial charge in [-0.2, -0.15) is 17.0 Å². The minimum atomic E-state index is -3.41. The molecule has 0 heterocycles. The van der Waals surface area contributed by atoms with E-state index < -0.39 is 10.2 Å². The largest absolute Gasteiger partial charge is 0.409 e. The lowest BCUT2D eigenvalue weighted by atomic mass is 10.4. The monoisotopic (exact) mass is 250 g/mol. The molecular formula is C8H18N4O3S. The van der Waals surface area contributed by atoms with Crippen LogP contribution in [0.25, 0.3) is 0 Å². The molecule has 1 rings (SSSR count). The van der Waals surface area contributed by atoms with E-state index in [9.17, 15) is 8.42 Å². The first-order chi connectivity index (χ1) is 7.39. The number of oxime groups is 1. The molecule has 0 aliphatic heterocycles. The zero-order valence-electron chi connectivity index (χ0n) is 9.50. The van der Waals surface area contributed by atoms with Crippen LogP contribution in [0.3, 0.4) is 0 Å². The summed E-state index contributed by atoms with van der Waals surface area (Å²) in [5.74, 6) is 0.0413. The van der Waals surface area contributed by atoms with Gasteiger partial charge in [-0.1, -0.05) is 5.16 Å². The Morgan fingerprint density at radius 3 is 2.44 bits per heavy atom. The van der Waals surface area contributed by atoms with Crippen molar-refractivity contribution in [3.63, 3.8) is 0 Å². The fourth-order valence-electron chi connectivity index (χ4n) is 1.33. The molecule has 1 aliphatic rings. The molecule has 0 unspecified atom stereocenters. The van der Waals surface area contributed by atoms with Crippen molar-refractivity contribution in [3.8, 4) is 0 Å². The Morgan fingerprint density at radius 1 is 1.50 bits per heavy atom. The number of hydrogen-bond donors (Lipinski definition) is 2. The molecule has 0 atom stereocenters. The van der Waals surface area contributed by atoms with Gasteiger partial charge in [0.15, 0.2) is 0 Å². The van der Waals surface area contributed by atoms with Crippen LogP contribution in [-0.2, 0) is 10.2 Å². The quantitative estimate of drug-likeness (QED) is 0.284. The van der Waals surface area contributed by atoms with Gasteiger partial charge in [-0.25, -0.2) is 0 Å². The molecular weight excluding hydrogens is 232 g/mol. The number of nitrogens with two attached hydrogens (primary N) is 1. The van der Waals surface area contributed by atoms with Crippen LogP contribution in [0.1, 0.15) is 19.3 Å². The van der Waals surface area contributed by atoms with Crippen LogP contribution in [0.5, 0.6) is 0 Å². The molecule has 0 radical (unpaired) electrons. The van der Waals surface area contributed by atoms with Crippen LogP contribution in [0.4, 0.5) is 0 Å². The summed E-state index contributed by atoms with van der Waals surface area (Å²) in [7, 11) is -0.417. The van der Waals surface area contributed by atoms with E-state index in [1.165, 1.54) is 22.7 Å². The van der Waals surface area contributed by atoms with Crippen molar-refractivity contribution in [1.82, 2.24) is 8.61 Å². The maximum atomic E-state index is 11.9. The molecule has 7 nitrogen and oxygen atoms in total. The topological polar surface area (TPSA) is 99.2 Å². The van der Waals surface area contributed by atoms with E-state index in [1.54, 1.807) is 0 Å². The van der Waals surface area contributed by atoms with Gasteiger partial charge >= 0.3 is 0 Å². The van der Waals surface area contributed by atoms with E-state index in [-0.39, 0.29) is 24.8 Å². The normalized spacial score (nSPS) is 18.4. The second-order valence-electron chi connectivity index (χ2n) is 3.97. The van der Waals surface area contributed by atoms with Crippen molar-refractivity contribution in [2.75, 3.05) is 20.6 Å². The van der Waals surface area contributed by atoms with Crippen LogP contribution in [0.2, 0.25) is 0 Å². The van der Waals surface area contributed by atoms with Crippen molar-refractivity contribution in [1.29, 1.82) is 0 Å². The molecule has 16 heavy (non-hydrogen) atoms. The van der Waals surface area contributed by atoms with E-state index in [0.29, 0.717) is 0 Å². The van der Waals surface area contributed by atoms with Gasteiger partial charge in [-0.3, -0.25) is 0 Å². The van der Waals surface area contributed by atoms with Gasteiger partial charge in [0, 0.05) is 33.1 Å². The summed E-state index contributed by atoms with van der Waals surface area (Å²) in [6.07, 6.45) is 1.99. The summed E-state index contributed by atoms with van der Waals surface area (Å²) in [6, 6.07) is 0.0684. The molecule has 94 valence electrons. The number of rotatable bonds is 6. The Bertz CT molecular complexity index is 361. The van der Waals surface area contributed by atoms with Gasteiger partial charge < -0.3 is 10.9 Å². The van der Waals surface area contributed by atoms with E-state index in [2.05, 4.69) is 5.16 Å². The Hall–Kier alpha value is -0.860. The smallest absolute Gasteiger partial charge is 0.281 e. The van der Waals surface area contributed by atoms with Crippen molar-refractivity contribution >= 4 is 16.0 Å². The van der Waals surface area contributed by atoms with Crippen LogP contribution in [0, 0.1) is 0 Å². The zero-order valence-corrected chi connectivity index (χ0v) is 10.3. The lowest BCUT2D eigenvalue weighted by Crippen LogP contribution is -2.42. The molecule has 0 spiro atoms. The molecule has 1 aliphatic carbocycles. The lowest BCUT2D eigenvalue weighted by molar-refractivity contribution is 0.314. The van der Waals surface area contributed by atoms with Gasteiger partial charge in [-0.15, -0.1) is 0 Å². The summed E-state index contributed by atoms with van der Waals surface area (Å²) >= 11 is 0.